The maximum Gasteiger partial charge on any atom is 0.258 e. The number of hydrogen-bond acceptors (Lipinski definition) is 3. The van der Waals surface area contributed by atoms with Gasteiger partial charge in [-0.1, -0.05) is 19.1 Å². The van der Waals surface area contributed by atoms with E-state index in [1.54, 1.807) is 18.2 Å². The van der Waals surface area contributed by atoms with Crippen LogP contribution in [0.2, 0.25) is 0 Å². The summed E-state index contributed by atoms with van der Waals surface area (Å²) in [4.78, 5) is 11.9. The second-order valence-electron chi connectivity index (χ2n) is 3.70. The number of aliphatic hydroxyl groups excluding tert-OH is 1. The van der Waals surface area contributed by atoms with Crippen LogP contribution >= 0.6 is 28.1 Å². The van der Waals surface area contributed by atoms with E-state index >= 15 is 0 Å². The fourth-order valence-corrected chi connectivity index (χ4v) is 2.04. The van der Waals surface area contributed by atoms with Crippen LogP contribution in [-0.4, -0.2) is 28.8 Å². The van der Waals surface area contributed by atoms with E-state index in [1.165, 1.54) is 0 Å². The van der Waals surface area contributed by atoms with Gasteiger partial charge < -0.3 is 10.4 Å². The van der Waals surface area contributed by atoms with Crippen LogP contribution in [0.1, 0.15) is 23.7 Å². The first-order chi connectivity index (χ1) is 8.58. The Kier molecular flexibility index (Phi) is 6.24. The highest BCUT2D eigenvalue weighted by atomic mass is 79.9. The molecule has 0 radical (unpaired) electrons. The summed E-state index contributed by atoms with van der Waals surface area (Å²) in [6.45, 7) is 1.90. The number of aliphatic hydroxyl groups is 1. The molecule has 0 aromatic heterocycles. The van der Waals surface area contributed by atoms with E-state index in [2.05, 4.69) is 26.6 Å². The lowest BCUT2D eigenvalue weighted by Gasteiger charge is -2.16. The van der Waals surface area contributed by atoms with E-state index in [9.17, 15) is 4.79 Å². The molecular formula is C12H15BrN2O2S. The van der Waals surface area contributed by atoms with Crippen molar-refractivity contribution in [2.45, 2.75) is 19.4 Å². The van der Waals surface area contributed by atoms with Gasteiger partial charge in [0.15, 0.2) is 5.11 Å². The molecule has 6 heteroatoms. The Hall–Kier alpha value is -0.980. The molecule has 0 aliphatic rings. The molecule has 1 rings (SSSR count). The summed E-state index contributed by atoms with van der Waals surface area (Å²) in [5.74, 6) is -0.284. The van der Waals surface area contributed by atoms with E-state index in [-0.39, 0.29) is 23.7 Å². The average molecular weight is 331 g/mol. The molecule has 1 amide bonds. The quantitative estimate of drug-likeness (QED) is 0.737. The van der Waals surface area contributed by atoms with Crippen molar-refractivity contribution in [1.82, 2.24) is 10.6 Å². The van der Waals surface area contributed by atoms with Crippen LogP contribution in [-0.2, 0) is 0 Å². The van der Waals surface area contributed by atoms with E-state index in [0.29, 0.717) is 10.0 Å². The zero-order valence-electron chi connectivity index (χ0n) is 9.94. The zero-order chi connectivity index (χ0) is 13.5. The van der Waals surface area contributed by atoms with Gasteiger partial charge in [-0.3, -0.25) is 10.1 Å². The van der Waals surface area contributed by atoms with Crippen molar-refractivity contribution in [3.63, 3.8) is 0 Å². The number of hydrogen-bond donors (Lipinski definition) is 3. The van der Waals surface area contributed by atoms with E-state index in [4.69, 9.17) is 17.3 Å². The first kappa shape index (κ1) is 15.1. The van der Waals surface area contributed by atoms with E-state index in [0.717, 1.165) is 6.42 Å². The van der Waals surface area contributed by atoms with Crippen molar-refractivity contribution in [2.24, 2.45) is 0 Å². The Labute approximate surface area is 120 Å². The van der Waals surface area contributed by atoms with Gasteiger partial charge in [-0.25, -0.2) is 0 Å². The van der Waals surface area contributed by atoms with Crippen molar-refractivity contribution < 1.29 is 9.90 Å². The first-order valence-corrected chi connectivity index (χ1v) is 6.75. The number of halogens is 1. The standard InChI is InChI=1S/C12H15BrN2O2S/c1-2-8(7-16)14-12(18)15-11(17)9-5-3-4-6-10(9)13/h3-6,8,16H,2,7H2,1H3,(H2,14,15,17,18). The van der Waals surface area contributed by atoms with Gasteiger partial charge in [-0.05, 0) is 46.7 Å². The van der Waals surface area contributed by atoms with Crippen LogP contribution in [0, 0.1) is 0 Å². The molecule has 0 aliphatic heterocycles. The van der Waals surface area contributed by atoms with Crippen LogP contribution in [0.4, 0.5) is 0 Å². The number of rotatable bonds is 4. The summed E-state index contributed by atoms with van der Waals surface area (Å²) in [5.41, 5.74) is 0.513. The number of nitrogens with one attached hydrogen (secondary N) is 2. The summed E-state index contributed by atoms with van der Waals surface area (Å²) in [5, 5.41) is 14.7. The minimum atomic E-state index is -0.284. The number of thiocarbonyl (C=S) groups is 1. The third kappa shape index (κ3) is 4.36. The Morgan fingerprint density at radius 2 is 2.17 bits per heavy atom. The van der Waals surface area contributed by atoms with Crippen molar-refractivity contribution in [1.29, 1.82) is 0 Å². The van der Waals surface area contributed by atoms with Gasteiger partial charge in [0.2, 0.25) is 0 Å². The molecule has 0 saturated heterocycles. The SMILES string of the molecule is CCC(CO)NC(=S)NC(=O)c1ccccc1Br. The van der Waals surface area contributed by atoms with Crippen molar-refractivity contribution in [2.75, 3.05) is 6.61 Å². The summed E-state index contributed by atoms with van der Waals surface area (Å²) in [6.07, 6.45) is 0.724. The number of benzene rings is 1. The van der Waals surface area contributed by atoms with E-state index in [1.807, 2.05) is 13.0 Å². The predicted molar refractivity (Wildman–Crippen MR) is 78.5 cm³/mol. The Bertz CT molecular complexity index is 436. The third-order valence-electron chi connectivity index (χ3n) is 2.39. The van der Waals surface area contributed by atoms with Gasteiger partial charge in [-0.2, -0.15) is 0 Å². The largest absolute Gasteiger partial charge is 0.394 e. The normalized spacial score (nSPS) is 11.7. The minimum Gasteiger partial charge on any atom is -0.394 e. The maximum atomic E-state index is 11.9. The summed E-state index contributed by atoms with van der Waals surface area (Å²) in [7, 11) is 0. The van der Waals surface area contributed by atoms with Crippen LogP contribution in [0.15, 0.2) is 28.7 Å². The number of carbonyl (C=O) groups excluding carboxylic acids is 1. The number of carbonyl (C=O) groups is 1. The van der Waals surface area contributed by atoms with Crippen LogP contribution in [0.3, 0.4) is 0 Å². The Morgan fingerprint density at radius 3 is 2.72 bits per heavy atom. The summed E-state index contributed by atoms with van der Waals surface area (Å²) >= 11 is 8.31. The Balaban J connectivity index is 2.60. The monoisotopic (exact) mass is 330 g/mol. The highest BCUT2D eigenvalue weighted by Crippen LogP contribution is 2.15. The predicted octanol–water partition coefficient (Wildman–Crippen LogP) is 1.82. The molecule has 1 aromatic rings. The molecule has 1 atom stereocenters. The molecule has 0 aliphatic carbocycles. The van der Waals surface area contributed by atoms with Crippen LogP contribution in [0.25, 0.3) is 0 Å². The van der Waals surface area contributed by atoms with Gasteiger partial charge in [-0.15, -0.1) is 0 Å². The molecule has 0 saturated carbocycles. The fourth-order valence-electron chi connectivity index (χ4n) is 1.31. The molecule has 0 heterocycles. The minimum absolute atomic E-state index is 0.0262. The third-order valence-corrected chi connectivity index (χ3v) is 3.31. The van der Waals surface area contributed by atoms with Crippen LogP contribution < -0.4 is 10.6 Å². The Morgan fingerprint density at radius 1 is 1.50 bits per heavy atom. The van der Waals surface area contributed by atoms with Gasteiger partial charge in [0.05, 0.1) is 18.2 Å². The molecule has 0 bridgehead atoms. The van der Waals surface area contributed by atoms with Crippen molar-refractivity contribution in [3.05, 3.63) is 34.3 Å². The molecule has 4 nitrogen and oxygen atoms in total. The highest BCUT2D eigenvalue weighted by Gasteiger charge is 2.12. The molecule has 3 N–H and O–H groups in total. The second kappa shape index (κ2) is 7.45. The lowest BCUT2D eigenvalue weighted by Crippen LogP contribution is -2.45. The highest BCUT2D eigenvalue weighted by molar-refractivity contribution is 9.10. The number of amides is 1. The molecule has 0 fully saturated rings. The van der Waals surface area contributed by atoms with Gasteiger partial charge in [0.1, 0.15) is 0 Å². The molecule has 0 spiro atoms. The zero-order valence-corrected chi connectivity index (χ0v) is 12.3. The lowest BCUT2D eigenvalue weighted by atomic mass is 10.2. The van der Waals surface area contributed by atoms with Crippen molar-refractivity contribution in [3.8, 4) is 0 Å². The van der Waals surface area contributed by atoms with Gasteiger partial charge in [0, 0.05) is 4.47 Å². The smallest absolute Gasteiger partial charge is 0.258 e. The molecule has 18 heavy (non-hydrogen) atoms. The van der Waals surface area contributed by atoms with Crippen LogP contribution in [0.5, 0.6) is 0 Å². The topological polar surface area (TPSA) is 61.4 Å². The van der Waals surface area contributed by atoms with E-state index < -0.39 is 0 Å². The molecular weight excluding hydrogens is 316 g/mol. The van der Waals surface area contributed by atoms with Crippen molar-refractivity contribution >= 4 is 39.2 Å². The first-order valence-electron chi connectivity index (χ1n) is 5.55. The molecule has 1 unspecified atom stereocenters. The summed E-state index contributed by atoms with van der Waals surface area (Å²) in [6, 6.07) is 6.95. The molecule has 98 valence electrons. The van der Waals surface area contributed by atoms with Gasteiger partial charge >= 0.3 is 0 Å². The fraction of sp³-hybridized carbons (Fsp3) is 0.333. The average Bonchev–Trinajstić information content (AvgIpc) is 2.36. The lowest BCUT2D eigenvalue weighted by molar-refractivity contribution is 0.0975. The molecule has 1 aromatic carbocycles. The second-order valence-corrected chi connectivity index (χ2v) is 4.96. The maximum absolute atomic E-state index is 11.9. The summed E-state index contributed by atoms with van der Waals surface area (Å²) < 4.78 is 0.708. The van der Waals surface area contributed by atoms with Gasteiger partial charge in [0.25, 0.3) is 5.91 Å².